The van der Waals surface area contributed by atoms with Gasteiger partial charge in [0.25, 0.3) is 0 Å². The van der Waals surface area contributed by atoms with Crippen molar-refractivity contribution in [2.75, 3.05) is 24.6 Å². The Labute approximate surface area is 160 Å². The summed E-state index contributed by atoms with van der Waals surface area (Å²) in [5.41, 5.74) is 4.98. The van der Waals surface area contributed by atoms with Gasteiger partial charge in [0.1, 0.15) is 11.6 Å². The lowest BCUT2D eigenvalue weighted by atomic mass is 10.00. The molecule has 0 aromatic heterocycles. The molecule has 1 fully saturated rings. The van der Waals surface area contributed by atoms with Crippen LogP contribution in [0, 0.1) is 5.82 Å². The number of nitrogens with zero attached hydrogens (tertiary/aromatic N) is 1. The van der Waals surface area contributed by atoms with E-state index in [9.17, 15) is 4.39 Å². The fraction of sp³-hybridized carbons (Fsp3) is 0.478. The first kappa shape index (κ1) is 17.1. The second-order valence-electron chi connectivity index (χ2n) is 8.17. The Hall–Kier alpha value is -2.07. The monoisotopic (exact) mass is 366 g/mol. The molecule has 5 rings (SSSR count). The van der Waals surface area contributed by atoms with Crippen LogP contribution in [-0.4, -0.2) is 31.8 Å². The Morgan fingerprint density at radius 3 is 2.44 bits per heavy atom. The molecule has 3 aliphatic rings. The number of hydrogen-bond donors (Lipinski definition) is 1. The fourth-order valence-electron chi connectivity index (χ4n) is 4.96. The zero-order chi connectivity index (χ0) is 18.2. The van der Waals surface area contributed by atoms with Crippen molar-refractivity contribution in [2.45, 2.75) is 50.6 Å². The second kappa shape index (κ2) is 7.16. The maximum Gasteiger partial charge on any atom is 0.145 e. The third-order valence-electron chi connectivity index (χ3n) is 6.31. The van der Waals surface area contributed by atoms with Crippen LogP contribution in [0.1, 0.15) is 36.0 Å². The molecule has 0 atom stereocenters. The van der Waals surface area contributed by atoms with Gasteiger partial charge in [-0.3, -0.25) is 0 Å². The van der Waals surface area contributed by atoms with E-state index in [-0.39, 0.29) is 5.82 Å². The van der Waals surface area contributed by atoms with Gasteiger partial charge in [-0.2, -0.15) is 0 Å². The van der Waals surface area contributed by atoms with Crippen molar-refractivity contribution < 1.29 is 9.13 Å². The maximum absolute atomic E-state index is 14.1. The average Bonchev–Trinajstić information content (AvgIpc) is 3.10. The number of benzene rings is 2. The van der Waals surface area contributed by atoms with Gasteiger partial charge in [-0.15, -0.1) is 0 Å². The highest BCUT2D eigenvalue weighted by atomic mass is 19.1. The molecular weight excluding hydrogens is 339 g/mol. The summed E-state index contributed by atoms with van der Waals surface area (Å²) in [6, 6.07) is 13.2. The highest BCUT2D eigenvalue weighted by molar-refractivity contribution is 5.63. The van der Waals surface area contributed by atoms with E-state index in [1.807, 2.05) is 0 Å². The summed E-state index contributed by atoms with van der Waals surface area (Å²) < 4.78 is 20.0. The molecule has 0 radical (unpaired) electrons. The van der Waals surface area contributed by atoms with Crippen LogP contribution in [0.15, 0.2) is 36.4 Å². The quantitative estimate of drug-likeness (QED) is 0.892. The molecule has 1 aliphatic carbocycles. The highest BCUT2D eigenvalue weighted by Crippen LogP contribution is 2.38. The van der Waals surface area contributed by atoms with Gasteiger partial charge in [0.15, 0.2) is 0 Å². The first-order valence-electron chi connectivity index (χ1n) is 10.3. The number of ether oxygens (including phenoxy) is 1. The van der Waals surface area contributed by atoms with Gasteiger partial charge in [-0.25, -0.2) is 4.39 Å². The van der Waals surface area contributed by atoms with E-state index in [1.54, 1.807) is 12.1 Å². The van der Waals surface area contributed by atoms with Crippen LogP contribution in [0.5, 0.6) is 5.75 Å². The maximum atomic E-state index is 14.1. The van der Waals surface area contributed by atoms with Crippen molar-refractivity contribution in [3.63, 3.8) is 0 Å². The molecule has 0 spiro atoms. The van der Waals surface area contributed by atoms with Crippen LogP contribution >= 0.6 is 0 Å². The van der Waals surface area contributed by atoms with Gasteiger partial charge in [-0.05, 0) is 61.3 Å². The second-order valence-corrected chi connectivity index (χ2v) is 8.17. The molecule has 2 aromatic carbocycles. The minimum Gasteiger partial charge on any atom is -0.491 e. The third kappa shape index (κ3) is 3.43. The van der Waals surface area contributed by atoms with Crippen LogP contribution in [0.25, 0.3) is 0 Å². The lowest BCUT2D eigenvalue weighted by molar-refractivity contribution is 0.286. The lowest BCUT2D eigenvalue weighted by Crippen LogP contribution is -2.46. The molecule has 0 amide bonds. The van der Waals surface area contributed by atoms with Gasteiger partial charge in [0.05, 0.1) is 12.3 Å². The van der Waals surface area contributed by atoms with E-state index in [0.29, 0.717) is 12.1 Å². The Morgan fingerprint density at radius 1 is 0.963 bits per heavy atom. The highest BCUT2D eigenvalue weighted by Gasteiger charge is 2.28. The first-order chi connectivity index (χ1) is 13.3. The smallest absolute Gasteiger partial charge is 0.145 e. The molecule has 0 saturated carbocycles. The van der Waals surface area contributed by atoms with Crippen LogP contribution in [0.2, 0.25) is 0 Å². The summed E-state index contributed by atoms with van der Waals surface area (Å²) in [5.74, 6) is 0.776. The third-order valence-corrected chi connectivity index (χ3v) is 6.31. The topological polar surface area (TPSA) is 24.5 Å². The fourth-order valence-corrected chi connectivity index (χ4v) is 4.96. The van der Waals surface area contributed by atoms with Crippen molar-refractivity contribution in [1.29, 1.82) is 0 Å². The molecular formula is C23H27FN2O. The summed E-state index contributed by atoms with van der Waals surface area (Å²) in [6.07, 6.45) is 6.37. The van der Waals surface area contributed by atoms with Crippen molar-refractivity contribution in [1.82, 2.24) is 5.32 Å². The minimum atomic E-state index is -0.141. The number of anilines is 1. The minimum absolute atomic E-state index is 0.141. The van der Waals surface area contributed by atoms with Crippen LogP contribution in [0.4, 0.5) is 10.1 Å². The Bertz CT molecular complexity index is 804. The zero-order valence-electron chi connectivity index (χ0n) is 15.7. The number of rotatable bonds is 3. The largest absolute Gasteiger partial charge is 0.491 e. The predicted molar refractivity (Wildman–Crippen MR) is 106 cm³/mol. The Balaban J connectivity index is 1.22. The number of nitrogens with one attached hydrogen (secondary N) is 1. The van der Waals surface area contributed by atoms with E-state index in [4.69, 9.17) is 4.74 Å². The molecule has 27 heavy (non-hydrogen) atoms. The van der Waals surface area contributed by atoms with Gasteiger partial charge in [0.2, 0.25) is 0 Å². The molecule has 1 saturated heterocycles. The Morgan fingerprint density at radius 2 is 1.70 bits per heavy atom. The zero-order valence-corrected chi connectivity index (χ0v) is 15.7. The summed E-state index contributed by atoms with van der Waals surface area (Å²) in [7, 11) is 0. The molecule has 1 N–H and O–H groups in total. The summed E-state index contributed by atoms with van der Waals surface area (Å²) in [6.45, 7) is 2.65. The molecule has 0 bridgehead atoms. The van der Waals surface area contributed by atoms with E-state index in [0.717, 1.165) is 75.2 Å². The van der Waals surface area contributed by atoms with Crippen LogP contribution < -0.4 is 15.0 Å². The Kier molecular flexibility index (Phi) is 4.52. The first-order valence-corrected chi connectivity index (χ1v) is 10.3. The number of aryl methyl sites for hydroxylation is 1. The van der Waals surface area contributed by atoms with Crippen molar-refractivity contribution in [2.24, 2.45) is 0 Å². The van der Waals surface area contributed by atoms with E-state index < -0.39 is 0 Å². The van der Waals surface area contributed by atoms with Crippen LogP contribution in [-0.2, 0) is 19.3 Å². The number of hydrogen-bond acceptors (Lipinski definition) is 3. The van der Waals surface area contributed by atoms with Gasteiger partial charge in [-0.1, -0.05) is 24.3 Å². The molecule has 0 unspecified atom stereocenters. The number of piperidine rings is 1. The van der Waals surface area contributed by atoms with Gasteiger partial charge < -0.3 is 15.0 Å². The average molecular weight is 366 g/mol. The van der Waals surface area contributed by atoms with Crippen molar-refractivity contribution in [3.8, 4) is 5.75 Å². The summed E-state index contributed by atoms with van der Waals surface area (Å²) in [4.78, 5) is 2.31. The van der Waals surface area contributed by atoms with Gasteiger partial charge in [0, 0.05) is 31.2 Å². The molecule has 142 valence electrons. The molecule has 4 heteroatoms. The molecule has 2 aromatic rings. The van der Waals surface area contributed by atoms with E-state index in [1.165, 1.54) is 11.1 Å². The molecule has 2 heterocycles. The van der Waals surface area contributed by atoms with Crippen molar-refractivity contribution in [3.05, 3.63) is 58.9 Å². The van der Waals surface area contributed by atoms with Gasteiger partial charge >= 0.3 is 0 Å². The normalized spacial score (nSPS) is 20.3. The van der Waals surface area contributed by atoms with Crippen molar-refractivity contribution >= 4 is 5.69 Å². The summed E-state index contributed by atoms with van der Waals surface area (Å²) >= 11 is 0. The standard InChI is InChI=1S/C23H27FN2O/c24-19-12-18-6-3-11-27-23(18)22(15-19)26-9-7-20(8-10-26)25-21-13-16-4-1-2-5-17(16)14-21/h1-2,4-5,12,15,20-21,25H,3,6-11,13-14H2. The number of fused-ring (bicyclic) bond motifs is 2. The molecule has 2 aliphatic heterocycles. The summed E-state index contributed by atoms with van der Waals surface area (Å²) in [5, 5.41) is 3.88. The predicted octanol–water partition coefficient (Wildman–Crippen LogP) is 3.88. The molecule has 3 nitrogen and oxygen atoms in total. The lowest BCUT2D eigenvalue weighted by Gasteiger charge is -2.37. The van der Waals surface area contributed by atoms with Crippen LogP contribution in [0.3, 0.4) is 0 Å². The van der Waals surface area contributed by atoms with E-state index in [2.05, 4.69) is 34.5 Å². The van der Waals surface area contributed by atoms with E-state index >= 15 is 0 Å². The SMILES string of the molecule is Fc1cc2c(c(N3CCC(NC4Cc5ccccc5C4)CC3)c1)OCCC2. The number of halogens is 1.